The summed E-state index contributed by atoms with van der Waals surface area (Å²) in [6, 6.07) is 4.78. The van der Waals surface area contributed by atoms with Crippen LogP contribution >= 0.6 is 11.3 Å². The number of thiazole rings is 1. The number of carbonyl (C=O) groups is 2. The van der Waals surface area contributed by atoms with Gasteiger partial charge >= 0.3 is 5.97 Å². The molecule has 7 nitrogen and oxygen atoms in total. The summed E-state index contributed by atoms with van der Waals surface area (Å²) in [4.78, 5) is 29.4. The second-order valence-electron chi connectivity index (χ2n) is 5.34. The van der Waals surface area contributed by atoms with Gasteiger partial charge in [0.1, 0.15) is 0 Å². The summed E-state index contributed by atoms with van der Waals surface area (Å²) in [6.45, 7) is 4.79. The van der Waals surface area contributed by atoms with E-state index in [-0.39, 0.29) is 5.91 Å². The predicted octanol–water partition coefficient (Wildman–Crippen LogP) is 2.71. The Kier molecular flexibility index (Phi) is 7.40. The molecule has 0 unspecified atom stereocenters. The molecular weight excluding hydrogens is 356 g/mol. The SMILES string of the molecule is CCOc1cc(C(=O)N(CC)CCc2nccs2)ccc1OCC(=O)O. The third kappa shape index (κ3) is 5.45. The number of benzene rings is 1. The van der Waals surface area contributed by atoms with Crippen molar-refractivity contribution in [1.29, 1.82) is 0 Å². The molecule has 8 heteroatoms. The van der Waals surface area contributed by atoms with E-state index in [1.54, 1.807) is 40.6 Å². The van der Waals surface area contributed by atoms with Gasteiger partial charge in [0.2, 0.25) is 0 Å². The van der Waals surface area contributed by atoms with Crippen LogP contribution in [0, 0.1) is 0 Å². The van der Waals surface area contributed by atoms with Crippen molar-refractivity contribution in [3.05, 3.63) is 40.3 Å². The van der Waals surface area contributed by atoms with Crippen LogP contribution in [0.1, 0.15) is 29.2 Å². The van der Waals surface area contributed by atoms with E-state index >= 15 is 0 Å². The van der Waals surface area contributed by atoms with Crippen molar-refractivity contribution in [2.45, 2.75) is 20.3 Å². The maximum absolute atomic E-state index is 12.8. The third-order valence-electron chi connectivity index (χ3n) is 3.59. The number of aliphatic carboxylic acids is 1. The Morgan fingerprint density at radius 1 is 1.23 bits per heavy atom. The van der Waals surface area contributed by atoms with Gasteiger partial charge in [-0.05, 0) is 32.0 Å². The monoisotopic (exact) mass is 378 g/mol. The summed E-state index contributed by atoms with van der Waals surface area (Å²) < 4.78 is 10.7. The Morgan fingerprint density at radius 2 is 2.04 bits per heavy atom. The minimum Gasteiger partial charge on any atom is -0.490 e. The van der Waals surface area contributed by atoms with E-state index in [0.29, 0.717) is 43.2 Å². The molecule has 1 heterocycles. The molecular formula is C18H22N2O5S. The molecule has 1 N–H and O–H groups in total. The number of likely N-dealkylation sites (N-methyl/N-ethyl adjacent to an activating group) is 1. The molecule has 140 valence electrons. The first-order valence-corrected chi connectivity index (χ1v) is 9.22. The average Bonchev–Trinajstić information content (AvgIpc) is 3.14. The summed E-state index contributed by atoms with van der Waals surface area (Å²) in [5.74, 6) is -0.533. The Labute approximate surface area is 156 Å². The van der Waals surface area contributed by atoms with Crippen molar-refractivity contribution in [3.8, 4) is 11.5 Å². The molecule has 0 bridgehead atoms. The van der Waals surface area contributed by atoms with Gasteiger partial charge in [0.15, 0.2) is 18.1 Å². The van der Waals surface area contributed by atoms with Crippen LogP contribution in [0.15, 0.2) is 29.8 Å². The van der Waals surface area contributed by atoms with E-state index in [0.717, 1.165) is 5.01 Å². The van der Waals surface area contributed by atoms with Crippen LogP contribution in [-0.4, -0.2) is 53.2 Å². The van der Waals surface area contributed by atoms with E-state index in [1.807, 2.05) is 19.2 Å². The van der Waals surface area contributed by atoms with E-state index in [4.69, 9.17) is 14.6 Å². The van der Waals surface area contributed by atoms with E-state index < -0.39 is 12.6 Å². The normalized spacial score (nSPS) is 10.4. The maximum Gasteiger partial charge on any atom is 0.341 e. The van der Waals surface area contributed by atoms with E-state index in [2.05, 4.69) is 4.98 Å². The number of ether oxygens (including phenoxy) is 2. The molecule has 0 fully saturated rings. The second kappa shape index (κ2) is 9.76. The zero-order valence-corrected chi connectivity index (χ0v) is 15.6. The largest absolute Gasteiger partial charge is 0.490 e. The minimum atomic E-state index is -1.08. The van der Waals surface area contributed by atoms with Gasteiger partial charge in [-0.25, -0.2) is 9.78 Å². The molecule has 0 atom stereocenters. The first kappa shape index (κ1) is 19.7. The number of hydrogen-bond acceptors (Lipinski definition) is 6. The third-order valence-corrected chi connectivity index (χ3v) is 4.43. The molecule has 2 rings (SSSR count). The van der Waals surface area contributed by atoms with Crippen molar-refractivity contribution in [1.82, 2.24) is 9.88 Å². The molecule has 0 aliphatic carbocycles. The number of carboxylic acids is 1. The highest BCUT2D eigenvalue weighted by Crippen LogP contribution is 2.29. The van der Waals surface area contributed by atoms with E-state index in [9.17, 15) is 9.59 Å². The van der Waals surface area contributed by atoms with Crippen LogP contribution in [0.2, 0.25) is 0 Å². The minimum absolute atomic E-state index is 0.116. The van der Waals surface area contributed by atoms with Gasteiger partial charge in [-0.2, -0.15) is 0 Å². The number of rotatable bonds is 10. The Hall–Kier alpha value is -2.61. The fraction of sp³-hybridized carbons (Fsp3) is 0.389. The lowest BCUT2D eigenvalue weighted by Gasteiger charge is -2.21. The van der Waals surface area contributed by atoms with Crippen molar-refractivity contribution < 1.29 is 24.2 Å². The fourth-order valence-electron chi connectivity index (χ4n) is 2.36. The predicted molar refractivity (Wildman–Crippen MR) is 98.1 cm³/mol. The first-order valence-electron chi connectivity index (χ1n) is 8.34. The molecule has 2 aromatic rings. The Bertz CT molecular complexity index is 733. The standard InChI is InChI=1S/C18H22N2O5S/c1-3-20(9-7-16-19-8-10-26-16)18(23)13-5-6-14(25-12-17(21)22)15(11-13)24-4-2/h5-6,8,10-11H,3-4,7,9,12H2,1-2H3,(H,21,22). The molecule has 0 aliphatic heterocycles. The lowest BCUT2D eigenvalue weighted by Crippen LogP contribution is -2.32. The molecule has 0 saturated heterocycles. The van der Waals surface area contributed by atoms with Crippen molar-refractivity contribution in [2.24, 2.45) is 0 Å². The Morgan fingerprint density at radius 3 is 2.65 bits per heavy atom. The van der Waals surface area contributed by atoms with Crippen LogP contribution in [0.25, 0.3) is 0 Å². The molecule has 0 radical (unpaired) electrons. The molecule has 0 saturated carbocycles. The zero-order valence-electron chi connectivity index (χ0n) is 14.8. The Balaban J connectivity index is 2.12. The van der Waals surface area contributed by atoms with Gasteiger partial charge in [-0.1, -0.05) is 0 Å². The van der Waals surface area contributed by atoms with Crippen LogP contribution in [-0.2, 0) is 11.2 Å². The second-order valence-corrected chi connectivity index (χ2v) is 6.32. The molecule has 1 aromatic carbocycles. The van der Waals surface area contributed by atoms with E-state index in [1.165, 1.54) is 0 Å². The van der Waals surface area contributed by atoms with Crippen LogP contribution in [0.3, 0.4) is 0 Å². The summed E-state index contributed by atoms with van der Waals surface area (Å²) in [6.07, 6.45) is 2.46. The van der Waals surface area contributed by atoms with Crippen LogP contribution in [0.5, 0.6) is 11.5 Å². The van der Waals surface area contributed by atoms with Crippen LogP contribution < -0.4 is 9.47 Å². The number of amides is 1. The highest BCUT2D eigenvalue weighted by Gasteiger charge is 2.17. The van der Waals surface area contributed by atoms with Gasteiger partial charge in [0, 0.05) is 36.7 Å². The topological polar surface area (TPSA) is 89.0 Å². The van der Waals surface area contributed by atoms with Gasteiger partial charge in [0.05, 0.1) is 11.6 Å². The van der Waals surface area contributed by atoms with Gasteiger partial charge in [-0.3, -0.25) is 4.79 Å². The number of hydrogen-bond donors (Lipinski definition) is 1. The maximum atomic E-state index is 12.8. The van der Waals surface area contributed by atoms with Crippen LogP contribution in [0.4, 0.5) is 0 Å². The molecule has 0 aliphatic rings. The van der Waals surface area contributed by atoms with Crippen molar-refractivity contribution >= 4 is 23.2 Å². The van der Waals surface area contributed by atoms with Crippen molar-refractivity contribution in [2.75, 3.05) is 26.3 Å². The number of aromatic nitrogens is 1. The summed E-state index contributed by atoms with van der Waals surface area (Å²) in [5.41, 5.74) is 0.470. The van der Waals surface area contributed by atoms with Gasteiger partial charge in [0.25, 0.3) is 5.91 Å². The first-order chi connectivity index (χ1) is 12.5. The zero-order chi connectivity index (χ0) is 18.9. The molecule has 0 spiro atoms. The molecule has 26 heavy (non-hydrogen) atoms. The summed E-state index contributed by atoms with van der Waals surface area (Å²) >= 11 is 1.57. The van der Waals surface area contributed by atoms with Crippen molar-refractivity contribution in [3.63, 3.8) is 0 Å². The molecule has 1 amide bonds. The number of nitrogens with zero attached hydrogens (tertiary/aromatic N) is 2. The quantitative estimate of drug-likeness (QED) is 0.684. The number of carboxylic acid groups (broad SMARTS) is 1. The number of carbonyl (C=O) groups excluding carboxylic acids is 1. The van der Waals surface area contributed by atoms with Gasteiger partial charge < -0.3 is 19.5 Å². The fourth-order valence-corrected chi connectivity index (χ4v) is 2.97. The summed E-state index contributed by atoms with van der Waals surface area (Å²) in [7, 11) is 0. The average molecular weight is 378 g/mol. The molecule has 1 aromatic heterocycles. The summed E-state index contributed by atoms with van der Waals surface area (Å²) in [5, 5.41) is 11.7. The highest BCUT2D eigenvalue weighted by molar-refractivity contribution is 7.09. The highest BCUT2D eigenvalue weighted by atomic mass is 32.1. The lowest BCUT2D eigenvalue weighted by atomic mass is 10.1. The van der Waals surface area contributed by atoms with Gasteiger partial charge in [-0.15, -0.1) is 11.3 Å². The smallest absolute Gasteiger partial charge is 0.341 e. The lowest BCUT2D eigenvalue weighted by molar-refractivity contribution is -0.139.